The number of carbonyl (C=O) groups is 2. The Bertz CT molecular complexity index is 1120. The SMILES string of the molecule is CCNC(=O)c1ccc(-n2cc(C(=O)NCc3cccc(Br)c3)nn2)c(OCCOCCF)c1. The van der Waals surface area contributed by atoms with Crippen LogP contribution in [0.3, 0.4) is 0 Å². The number of aromatic nitrogens is 3. The Morgan fingerprint density at radius 1 is 1.09 bits per heavy atom. The summed E-state index contributed by atoms with van der Waals surface area (Å²) in [5.74, 6) is -0.287. The summed E-state index contributed by atoms with van der Waals surface area (Å²) in [6.07, 6.45) is 1.48. The molecule has 2 amide bonds. The van der Waals surface area contributed by atoms with E-state index in [-0.39, 0.29) is 37.3 Å². The number of benzene rings is 2. The molecule has 0 unspecified atom stereocenters. The summed E-state index contributed by atoms with van der Waals surface area (Å²) in [4.78, 5) is 24.8. The highest BCUT2D eigenvalue weighted by atomic mass is 79.9. The van der Waals surface area contributed by atoms with Crippen LogP contribution in [0, 0.1) is 0 Å². The molecule has 0 fully saturated rings. The maximum absolute atomic E-state index is 12.6. The van der Waals surface area contributed by atoms with Crippen molar-refractivity contribution in [1.29, 1.82) is 0 Å². The smallest absolute Gasteiger partial charge is 0.273 e. The minimum absolute atomic E-state index is 0.0172. The van der Waals surface area contributed by atoms with Crippen molar-refractivity contribution in [3.8, 4) is 11.4 Å². The minimum atomic E-state index is -0.580. The number of hydrogen-bond donors (Lipinski definition) is 2. The van der Waals surface area contributed by atoms with Crippen molar-refractivity contribution in [3.05, 3.63) is 70.0 Å². The highest BCUT2D eigenvalue weighted by molar-refractivity contribution is 9.10. The van der Waals surface area contributed by atoms with E-state index in [1.807, 2.05) is 31.2 Å². The van der Waals surface area contributed by atoms with Gasteiger partial charge in [0.25, 0.3) is 11.8 Å². The van der Waals surface area contributed by atoms with Gasteiger partial charge in [-0.1, -0.05) is 33.3 Å². The molecular weight excluding hydrogens is 509 g/mol. The van der Waals surface area contributed by atoms with Gasteiger partial charge in [-0.3, -0.25) is 9.59 Å². The van der Waals surface area contributed by atoms with Crippen molar-refractivity contribution in [3.63, 3.8) is 0 Å². The van der Waals surface area contributed by atoms with Crippen molar-refractivity contribution in [1.82, 2.24) is 25.6 Å². The molecule has 34 heavy (non-hydrogen) atoms. The van der Waals surface area contributed by atoms with Crippen LogP contribution in [0.5, 0.6) is 5.75 Å². The quantitative estimate of drug-likeness (QED) is 0.346. The summed E-state index contributed by atoms with van der Waals surface area (Å²) in [5, 5.41) is 13.5. The van der Waals surface area contributed by atoms with E-state index in [4.69, 9.17) is 9.47 Å². The second-order valence-electron chi connectivity index (χ2n) is 7.05. The lowest BCUT2D eigenvalue weighted by Crippen LogP contribution is -2.23. The van der Waals surface area contributed by atoms with E-state index < -0.39 is 6.67 Å². The number of ether oxygens (including phenoxy) is 2. The highest BCUT2D eigenvalue weighted by Crippen LogP contribution is 2.24. The molecule has 11 heteroatoms. The summed E-state index contributed by atoms with van der Waals surface area (Å²) in [5.41, 5.74) is 1.94. The van der Waals surface area contributed by atoms with E-state index in [2.05, 4.69) is 36.9 Å². The Balaban J connectivity index is 1.75. The van der Waals surface area contributed by atoms with Crippen molar-refractivity contribution in [2.24, 2.45) is 0 Å². The fourth-order valence-corrected chi connectivity index (χ4v) is 3.44. The Kier molecular flexibility index (Phi) is 9.53. The molecule has 0 aliphatic rings. The molecule has 0 saturated heterocycles. The van der Waals surface area contributed by atoms with Crippen LogP contribution in [-0.2, 0) is 11.3 Å². The Morgan fingerprint density at radius 3 is 2.71 bits per heavy atom. The number of hydrogen-bond acceptors (Lipinski definition) is 6. The van der Waals surface area contributed by atoms with E-state index in [0.717, 1.165) is 10.0 Å². The summed E-state index contributed by atoms with van der Waals surface area (Å²) in [7, 11) is 0. The van der Waals surface area contributed by atoms with Gasteiger partial charge in [0.1, 0.15) is 24.7 Å². The van der Waals surface area contributed by atoms with Gasteiger partial charge in [0.2, 0.25) is 0 Å². The average Bonchev–Trinajstić information content (AvgIpc) is 3.33. The first-order valence-corrected chi connectivity index (χ1v) is 11.4. The Labute approximate surface area is 204 Å². The zero-order valence-corrected chi connectivity index (χ0v) is 20.2. The lowest BCUT2D eigenvalue weighted by atomic mass is 10.1. The van der Waals surface area contributed by atoms with Crippen molar-refractivity contribution in [2.75, 3.05) is 33.0 Å². The molecule has 0 aliphatic carbocycles. The zero-order valence-electron chi connectivity index (χ0n) is 18.6. The number of amides is 2. The number of rotatable bonds is 12. The first-order valence-electron chi connectivity index (χ1n) is 10.7. The Hall–Kier alpha value is -3.31. The van der Waals surface area contributed by atoms with Crippen LogP contribution in [0.1, 0.15) is 33.3 Å². The fraction of sp³-hybridized carbons (Fsp3) is 0.304. The third kappa shape index (κ3) is 7.09. The van der Waals surface area contributed by atoms with Crippen LogP contribution in [0.25, 0.3) is 5.69 Å². The van der Waals surface area contributed by atoms with Gasteiger partial charge in [0.05, 0.1) is 19.4 Å². The molecule has 3 aromatic rings. The molecule has 9 nitrogen and oxygen atoms in total. The standard InChI is InChI=1S/C23H25BrFN5O4/c1-2-26-22(31)17-6-7-20(21(13-17)34-11-10-33-9-8-25)30-15-19(28-29-30)23(32)27-14-16-4-3-5-18(24)12-16/h3-7,12-13,15H,2,8-11,14H2,1H3,(H,26,31)(H,27,32). The summed E-state index contributed by atoms with van der Waals surface area (Å²) >= 11 is 3.40. The van der Waals surface area contributed by atoms with E-state index in [1.54, 1.807) is 18.2 Å². The molecule has 0 saturated carbocycles. The number of alkyl halides is 1. The van der Waals surface area contributed by atoms with E-state index in [0.29, 0.717) is 30.1 Å². The van der Waals surface area contributed by atoms with Gasteiger partial charge in [-0.05, 0) is 42.8 Å². The molecule has 0 bridgehead atoms. The van der Waals surface area contributed by atoms with Gasteiger partial charge in [-0.15, -0.1) is 5.10 Å². The molecule has 1 heterocycles. The van der Waals surface area contributed by atoms with Crippen LogP contribution in [0.4, 0.5) is 4.39 Å². The van der Waals surface area contributed by atoms with Crippen LogP contribution in [0.15, 0.2) is 53.1 Å². The average molecular weight is 534 g/mol. The molecule has 0 aliphatic heterocycles. The summed E-state index contributed by atoms with van der Waals surface area (Å²) in [6.45, 7) is 2.36. The number of nitrogens with one attached hydrogen (secondary N) is 2. The number of nitrogens with zero attached hydrogens (tertiary/aromatic N) is 3. The molecule has 0 atom stereocenters. The maximum atomic E-state index is 12.6. The Morgan fingerprint density at radius 2 is 1.94 bits per heavy atom. The molecule has 1 aromatic heterocycles. The monoisotopic (exact) mass is 533 g/mol. The minimum Gasteiger partial charge on any atom is -0.489 e. The van der Waals surface area contributed by atoms with E-state index in [9.17, 15) is 14.0 Å². The fourth-order valence-electron chi connectivity index (χ4n) is 3.00. The zero-order chi connectivity index (χ0) is 24.3. The second kappa shape index (κ2) is 12.8. The normalized spacial score (nSPS) is 10.7. The topological polar surface area (TPSA) is 107 Å². The van der Waals surface area contributed by atoms with Gasteiger partial charge < -0.3 is 20.1 Å². The number of halogens is 2. The maximum Gasteiger partial charge on any atom is 0.273 e. The van der Waals surface area contributed by atoms with E-state index >= 15 is 0 Å². The van der Waals surface area contributed by atoms with Gasteiger partial charge in [0.15, 0.2) is 5.69 Å². The lowest BCUT2D eigenvalue weighted by molar-refractivity contribution is 0.0894. The van der Waals surface area contributed by atoms with Gasteiger partial charge in [-0.25, -0.2) is 9.07 Å². The molecule has 2 aromatic carbocycles. The third-order valence-corrected chi connectivity index (χ3v) is 5.07. The largest absolute Gasteiger partial charge is 0.489 e. The third-order valence-electron chi connectivity index (χ3n) is 4.58. The van der Waals surface area contributed by atoms with Gasteiger partial charge in [-0.2, -0.15) is 0 Å². The highest BCUT2D eigenvalue weighted by Gasteiger charge is 2.16. The molecule has 0 radical (unpaired) electrons. The first kappa shape index (κ1) is 25.3. The lowest BCUT2D eigenvalue weighted by Gasteiger charge is -2.13. The van der Waals surface area contributed by atoms with Gasteiger partial charge >= 0.3 is 0 Å². The van der Waals surface area contributed by atoms with Crippen LogP contribution in [-0.4, -0.2) is 59.8 Å². The summed E-state index contributed by atoms with van der Waals surface area (Å²) in [6, 6.07) is 12.5. The van der Waals surface area contributed by atoms with Crippen molar-refractivity contribution in [2.45, 2.75) is 13.5 Å². The second-order valence-corrected chi connectivity index (χ2v) is 7.97. The molecule has 2 N–H and O–H groups in total. The predicted molar refractivity (Wildman–Crippen MR) is 127 cm³/mol. The summed E-state index contributed by atoms with van der Waals surface area (Å²) < 4.78 is 25.4. The first-order chi connectivity index (χ1) is 16.5. The molecule has 3 rings (SSSR count). The van der Waals surface area contributed by atoms with Crippen molar-refractivity contribution >= 4 is 27.7 Å². The molecular formula is C23H25BrFN5O4. The predicted octanol–water partition coefficient (Wildman–Crippen LogP) is 3.07. The van der Waals surface area contributed by atoms with E-state index in [1.165, 1.54) is 10.9 Å². The van der Waals surface area contributed by atoms with Crippen molar-refractivity contribution < 1.29 is 23.5 Å². The molecule has 0 spiro atoms. The van der Waals surface area contributed by atoms with Crippen LogP contribution >= 0.6 is 15.9 Å². The number of carbonyl (C=O) groups excluding carboxylic acids is 2. The van der Waals surface area contributed by atoms with Crippen LogP contribution in [0.2, 0.25) is 0 Å². The molecule has 180 valence electrons. The van der Waals surface area contributed by atoms with Crippen LogP contribution < -0.4 is 15.4 Å². The van der Waals surface area contributed by atoms with Gasteiger partial charge in [0, 0.05) is 23.1 Å².